The summed E-state index contributed by atoms with van der Waals surface area (Å²) in [6, 6.07) is 0. The maximum Gasteiger partial charge on any atom is 0.207 e. The number of halogens is 5. The Kier molecular flexibility index (Phi) is 15.7. The molecule has 0 aliphatic heterocycles. The van der Waals surface area contributed by atoms with E-state index in [1.54, 1.807) is 0 Å². The van der Waals surface area contributed by atoms with Crippen molar-refractivity contribution in [1.29, 1.82) is 0 Å². The lowest BCUT2D eigenvalue weighted by atomic mass is 9.90. The van der Waals surface area contributed by atoms with Gasteiger partial charge in [-0.2, -0.15) is 8.78 Å². The topological polar surface area (TPSA) is 46.2 Å². The van der Waals surface area contributed by atoms with Crippen molar-refractivity contribution in [2.75, 3.05) is 52.9 Å². The Bertz CT molecular complexity index is 723. The maximum absolute atomic E-state index is 13.9. The third kappa shape index (κ3) is 9.85. The third-order valence-electron chi connectivity index (χ3n) is 4.68. The van der Waals surface area contributed by atoms with Crippen LogP contribution < -0.4 is 4.74 Å². The highest BCUT2D eigenvalue weighted by molar-refractivity contribution is 5.32. The molecule has 0 bridgehead atoms. The second-order valence-corrected chi connectivity index (χ2v) is 7.08. The fourth-order valence-electron chi connectivity index (χ4n) is 2.80. The molecule has 1 aromatic rings. The Labute approximate surface area is 198 Å². The van der Waals surface area contributed by atoms with E-state index in [2.05, 4.69) is 0 Å². The molecule has 1 aromatic carbocycles. The first-order valence-electron chi connectivity index (χ1n) is 11.7. The number of hydrogen-bond donors (Lipinski definition) is 0. The largest absolute Gasteiger partial charge is 0.455 e. The highest BCUT2D eigenvalue weighted by Gasteiger charge is 2.29. The lowest BCUT2D eigenvalue weighted by Gasteiger charge is -2.23. The van der Waals surface area contributed by atoms with Crippen molar-refractivity contribution in [3.05, 3.63) is 40.4 Å². The number of allylic oxidation sites excluding steroid dienone is 1. The first-order chi connectivity index (χ1) is 16.5. The minimum Gasteiger partial charge on any atom is -0.455 e. The van der Waals surface area contributed by atoms with Crippen LogP contribution in [-0.2, 0) is 18.9 Å². The smallest absolute Gasteiger partial charge is 0.207 e. The highest BCUT2D eigenvalue weighted by atomic mass is 19.2. The number of benzene rings is 1. The quantitative estimate of drug-likeness (QED) is 0.0907. The molecule has 1 aliphatic rings. The standard InChI is InChI=1S/C22H29F5O5.C2H6/c1-2-7-28-9-11-30-13-14-31-12-10-29-8-6-16(15-4-3-5-15)32-22-20(26)18(24)17(23)19(25)21(22)27;1-2/h2-14H2,1H3;1-2H3. The highest BCUT2D eigenvalue weighted by Crippen LogP contribution is 2.35. The van der Waals surface area contributed by atoms with Gasteiger partial charge in [-0.25, -0.2) is 13.2 Å². The molecule has 0 aromatic heterocycles. The van der Waals surface area contributed by atoms with E-state index in [-0.39, 0.29) is 25.4 Å². The zero-order valence-electron chi connectivity index (χ0n) is 20.1. The Hall–Kier alpha value is -1.75. The summed E-state index contributed by atoms with van der Waals surface area (Å²) >= 11 is 0. The Morgan fingerprint density at radius 1 is 0.618 bits per heavy atom. The predicted octanol–water partition coefficient (Wildman–Crippen LogP) is 6.09. The molecule has 0 saturated heterocycles. The van der Waals surface area contributed by atoms with Crippen LogP contribution in [0.25, 0.3) is 0 Å². The van der Waals surface area contributed by atoms with E-state index in [4.69, 9.17) is 23.7 Å². The lowest BCUT2D eigenvalue weighted by Crippen LogP contribution is -2.14. The molecule has 0 spiro atoms. The van der Waals surface area contributed by atoms with E-state index in [0.717, 1.165) is 18.4 Å². The maximum atomic E-state index is 13.9. The average molecular weight is 499 g/mol. The second kappa shape index (κ2) is 17.7. The molecule has 0 atom stereocenters. The van der Waals surface area contributed by atoms with Crippen LogP contribution in [0.15, 0.2) is 11.3 Å². The molecule has 1 aliphatic carbocycles. The van der Waals surface area contributed by atoms with Crippen LogP contribution >= 0.6 is 0 Å². The van der Waals surface area contributed by atoms with Crippen LogP contribution in [0.2, 0.25) is 0 Å². The van der Waals surface area contributed by atoms with Crippen LogP contribution in [0.5, 0.6) is 5.75 Å². The summed E-state index contributed by atoms with van der Waals surface area (Å²) in [7, 11) is 0. The van der Waals surface area contributed by atoms with E-state index in [1.807, 2.05) is 20.8 Å². The normalized spacial score (nSPS) is 12.8. The zero-order chi connectivity index (χ0) is 25.3. The van der Waals surface area contributed by atoms with Gasteiger partial charge in [0.15, 0.2) is 0 Å². The minimum absolute atomic E-state index is 0.135. The molecular weight excluding hydrogens is 463 g/mol. The summed E-state index contributed by atoms with van der Waals surface area (Å²) in [5, 5.41) is 0. The molecule has 0 unspecified atom stereocenters. The SMILES string of the molecule is CC.CCCOCCOCCOCCOCCC(Oc1c(F)c(F)c(F)c(F)c1F)=C1CCC1. The van der Waals surface area contributed by atoms with Gasteiger partial charge < -0.3 is 23.7 Å². The van der Waals surface area contributed by atoms with E-state index in [1.165, 1.54) is 0 Å². The van der Waals surface area contributed by atoms with Crippen molar-refractivity contribution in [3.8, 4) is 5.75 Å². The van der Waals surface area contributed by atoms with E-state index < -0.39 is 34.8 Å². The number of rotatable bonds is 16. The van der Waals surface area contributed by atoms with Gasteiger partial charge in [-0.15, -0.1) is 0 Å². The molecule has 0 heterocycles. The fraction of sp³-hybridized carbons (Fsp3) is 0.667. The van der Waals surface area contributed by atoms with Gasteiger partial charge in [0.2, 0.25) is 34.8 Å². The van der Waals surface area contributed by atoms with Crippen molar-refractivity contribution in [1.82, 2.24) is 0 Å². The molecule has 196 valence electrons. The summed E-state index contributed by atoms with van der Waals surface area (Å²) in [6.45, 7) is 9.34. The Balaban J connectivity index is 0.00000281. The first-order valence-corrected chi connectivity index (χ1v) is 11.7. The van der Waals surface area contributed by atoms with Gasteiger partial charge in [0, 0.05) is 13.0 Å². The van der Waals surface area contributed by atoms with Gasteiger partial charge in [0.25, 0.3) is 0 Å². The Morgan fingerprint density at radius 2 is 1.03 bits per heavy atom. The van der Waals surface area contributed by atoms with Crippen LogP contribution in [0.4, 0.5) is 22.0 Å². The fourth-order valence-corrected chi connectivity index (χ4v) is 2.80. The van der Waals surface area contributed by atoms with E-state index >= 15 is 0 Å². The molecule has 0 N–H and O–H groups in total. The van der Waals surface area contributed by atoms with Crippen molar-refractivity contribution < 1.29 is 45.6 Å². The van der Waals surface area contributed by atoms with Crippen LogP contribution in [-0.4, -0.2) is 52.9 Å². The van der Waals surface area contributed by atoms with Gasteiger partial charge in [0.05, 0.1) is 46.2 Å². The van der Waals surface area contributed by atoms with E-state index in [9.17, 15) is 22.0 Å². The van der Waals surface area contributed by atoms with Gasteiger partial charge in [-0.05, 0) is 31.3 Å². The number of ether oxygens (including phenoxy) is 5. The molecule has 1 saturated carbocycles. The Morgan fingerprint density at radius 3 is 1.44 bits per heavy atom. The molecule has 0 radical (unpaired) electrons. The molecule has 2 rings (SSSR count). The molecular formula is C24H35F5O5. The van der Waals surface area contributed by atoms with Gasteiger partial charge in [-0.3, -0.25) is 0 Å². The average Bonchev–Trinajstić information content (AvgIpc) is 2.82. The molecule has 1 fully saturated rings. The van der Waals surface area contributed by atoms with Crippen molar-refractivity contribution >= 4 is 0 Å². The third-order valence-corrected chi connectivity index (χ3v) is 4.68. The lowest BCUT2D eigenvalue weighted by molar-refractivity contribution is -0.00191. The summed E-state index contributed by atoms with van der Waals surface area (Å²) in [4.78, 5) is 0. The van der Waals surface area contributed by atoms with Crippen LogP contribution in [0, 0.1) is 29.1 Å². The summed E-state index contributed by atoms with van der Waals surface area (Å²) < 4.78 is 94.4. The summed E-state index contributed by atoms with van der Waals surface area (Å²) in [5.74, 6) is -11.4. The monoisotopic (exact) mass is 498 g/mol. The predicted molar refractivity (Wildman–Crippen MR) is 117 cm³/mol. The minimum atomic E-state index is -2.22. The van der Waals surface area contributed by atoms with Gasteiger partial charge >= 0.3 is 0 Å². The number of hydrogen-bond acceptors (Lipinski definition) is 5. The van der Waals surface area contributed by atoms with Crippen molar-refractivity contribution in [2.24, 2.45) is 0 Å². The zero-order valence-corrected chi connectivity index (χ0v) is 20.1. The summed E-state index contributed by atoms with van der Waals surface area (Å²) in [5.41, 5.74) is 0.772. The van der Waals surface area contributed by atoms with Crippen LogP contribution in [0.1, 0.15) is 52.9 Å². The van der Waals surface area contributed by atoms with Crippen molar-refractivity contribution in [3.63, 3.8) is 0 Å². The first kappa shape index (κ1) is 30.3. The van der Waals surface area contributed by atoms with Gasteiger partial charge in [-0.1, -0.05) is 20.8 Å². The van der Waals surface area contributed by atoms with E-state index in [0.29, 0.717) is 52.5 Å². The molecule has 0 amide bonds. The van der Waals surface area contributed by atoms with Gasteiger partial charge in [0.1, 0.15) is 5.76 Å². The summed E-state index contributed by atoms with van der Waals surface area (Å²) in [6.07, 6.45) is 3.23. The molecule has 5 nitrogen and oxygen atoms in total. The van der Waals surface area contributed by atoms with Crippen LogP contribution in [0.3, 0.4) is 0 Å². The second-order valence-electron chi connectivity index (χ2n) is 7.08. The molecule has 10 heteroatoms. The van der Waals surface area contributed by atoms with Crippen molar-refractivity contribution in [2.45, 2.75) is 52.9 Å². The molecule has 34 heavy (non-hydrogen) atoms.